The molecular weight excluding hydrogens is 551 g/mol. The molecule has 1 saturated carbocycles. The molecule has 218 valence electrons. The van der Waals surface area contributed by atoms with Crippen molar-refractivity contribution in [2.24, 2.45) is 11.1 Å². The summed E-state index contributed by atoms with van der Waals surface area (Å²) in [7, 11) is 0. The maximum Gasteiger partial charge on any atom is 0.451 e. The van der Waals surface area contributed by atoms with Crippen molar-refractivity contribution in [3.63, 3.8) is 0 Å². The van der Waals surface area contributed by atoms with Crippen molar-refractivity contribution in [3.05, 3.63) is 54.3 Å². The Morgan fingerprint density at radius 1 is 1.19 bits per heavy atom. The van der Waals surface area contributed by atoms with E-state index < -0.39 is 17.9 Å². The standard InChI is InChI=1S/C27H28F3N11O/c28-27(29,30)25-37-18(12-32)9-21(38-25)24(42)40-7-5-39(6-8-40)19-10-26(11-19,2-3-31)15-41-14-17(13-36-41)22-20-1-4-33-23(20)35-16-34-22/h1,4,9,13-14,16,19H,2,5-8,10-12,15,32H2,(H,33,34,35). The molecule has 42 heavy (non-hydrogen) atoms. The summed E-state index contributed by atoms with van der Waals surface area (Å²) >= 11 is 0. The van der Waals surface area contributed by atoms with Crippen LogP contribution >= 0.6 is 0 Å². The number of H-pyrrole nitrogens is 1. The number of nitrogens with two attached hydrogens (primary N) is 1. The highest BCUT2D eigenvalue weighted by Gasteiger charge is 2.47. The number of alkyl halides is 3. The zero-order valence-electron chi connectivity index (χ0n) is 22.5. The van der Waals surface area contributed by atoms with E-state index in [0.29, 0.717) is 39.1 Å². The normalized spacial score (nSPS) is 21.3. The van der Waals surface area contributed by atoms with Crippen molar-refractivity contribution in [2.75, 3.05) is 26.2 Å². The highest BCUT2D eigenvalue weighted by atomic mass is 19.4. The Bertz CT molecular complexity index is 1640. The molecule has 5 heterocycles. The first-order valence-corrected chi connectivity index (χ1v) is 13.5. The number of nitriles is 1. The molecule has 0 unspecified atom stereocenters. The van der Waals surface area contributed by atoms with Crippen LogP contribution in [0.2, 0.25) is 0 Å². The predicted molar refractivity (Wildman–Crippen MR) is 143 cm³/mol. The van der Waals surface area contributed by atoms with Crippen LogP contribution in [0.15, 0.2) is 37.1 Å². The molecule has 1 aliphatic heterocycles. The van der Waals surface area contributed by atoms with Crippen molar-refractivity contribution in [1.29, 1.82) is 5.26 Å². The molecule has 6 rings (SSSR count). The van der Waals surface area contributed by atoms with Gasteiger partial charge in [0.15, 0.2) is 0 Å². The van der Waals surface area contributed by atoms with Gasteiger partial charge in [0.2, 0.25) is 5.82 Å². The fraction of sp³-hybridized carbons (Fsp3) is 0.444. The maximum atomic E-state index is 13.2. The molecule has 4 aromatic rings. The highest BCUT2D eigenvalue weighted by molar-refractivity contribution is 5.92. The number of fused-ring (bicyclic) bond motifs is 1. The fourth-order valence-electron chi connectivity index (χ4n) is 6.00. The molecular formula is C27H28F3N11O. The first-order chi connectivity index (χ1) is 20.2. The summed E-state index contributed by atoms with van der Waals surface area (Å²) in [5.41, 5.74) is 7.34. The van der Waals surface area contributed by atoms with Gasteiger partial charge in [-0.05, 0) is 25.0 Å². The Balaban J connectivity index is 1.08. The SMILES string of the molecule is N#CCC1(Cn2cc(-c3ncnc4[nH]ccc34)cn2)CC(N2CCN(C(=O)c3cc(CN)nc(C(F)(F)F)n3)CC2)C1. The van der Waals surface area contributed by atoms with Gasteiger partial charge in [0, 0.05) is 80.5 Å². The molecule has 2 aliphatic rings. The lowest BCUT2D eigenvalue weighted by Crippen LogP contribution is -2.58. The van der Waals surface area contributed by atoms with Gasteiger partial charge in [-0.15, -0.1) is 0 Å². The molecule has 2 fully saturated rings. The summed E-state index contributed by atoms with van der Waals surface area (Å²) in [4.78, 5) is 35.4. The Kier molecular flexibility index (Phi) is 7.11. The quantitative estimate of drug-likeness (QED) is 0.336. The molecule has 0 spiro atoms. The van der Waals surface area contributed by atoms with E-state index >= 15 is 0 Å². The number of aromatic amines is 1. The summed E-state index contributed by atoms with van der Waals surface area (Å²) in [6.07, 6.45) is 4.27. The zero-order valence-corrected chi connectivity index (χ0v) is 22.5. The van der Waals surface area contributed by atoms with E-state index in [9.17, 15) is 23.2 Å². The molecule has 3 N–H and O–H groups in total. The van der Waals surface area contributed by atoms with Crippen LogP contribution in [0.3, 0.4) is 0 Å². The number of hydrogen-bond donors (Lipinski definition) is 2. The van der Waals surface area contributed by atoms with E-state index in [1.165, 1.54) is 17.3 Å². The van der Waals surface area contributed by atoms with Gasteiger partial charge in [-0.25, -0.2) is 19.9 Å². The van der Waals surface area contributed by atoms with E-state index in [1.54, 1.807) is 6.20 Å². The van der Waals surface area contributed by atoms with Crippen LogP contribution in [-0.4, -0.2) is 82.6 Å². The van der Waals surface area contributed by atoms with Gasteiger partial charge in [-0.1, -0.05) is 0 Å². The number of amides is 1. The van der Waals surface area contributed by atoms with Crippen molar-refractivity contribution in [3.8, 4) is 17.3 Å². The van der Waals surface area contributed by atoms with E-state index in [2.05, 4.69) is 41.0 Å². The van der Waals surface area contributed by atoms with Crippen LogP contribution in [0.1, 0.15) is 41.3 Å². The van der Waals surface area contributed by atoms with E-state index in [0.717, 1.165) is 35.1 Å². The van der Waals surface area contributed by atoms with Crippen molar-refractivity contribution >= 4 is 16.9 Å². The Morgan fingerprint density at radius 3 is 2.69 bits per heavy atom. The topological polar surface area (TPSA) is 159 Å². The molecule has 4 aromatic heterocycles. The van der Waals surface area contributed by atoms with E-state index in [4.69, 9.17) is 5.73 Å². The summed E-state index contributed by atoms with van der Waals surface area (Å²) in [6, 6.07) is 5.73. The second-order valence-electron chi connectivity index (χ2n) is 10.9. The molecule has 1 saturated heterocycles. The fourth-order valence-corrected chi connectivity index (χ4v) is 6.00. The van der Waals surface area contributed by atoms with Crippen molar-refractivity contribution in [1.82, 2.24) is 44.5 Å². The third-order valence-corrected chi connectivity index (χ3v) is 8.13. The molecule has 0 atom stereocenters. The van der Waals surface area contributed by atoms with Crippen molar-refractivity contribution < 1.29 is 18.0 Å². The number of piperazine rings is 1. The molecule has 15 heteroatoms. The molecule has 1 amide bonds. The third-order valence-electron chi connectivity index (χ3n) is 8.13. The van der Waals surface area contributed by atoms with Crippen LogP contribution in [0.4, 0.5) is 13.2 Å². The lowest BCUT2D eigenvalue weighted by molar-refractivity contribution is -0.145. The minimum absolute atomic E-state index is 0.0401. The van der Waals surface area contributed by atoms with Gasteiger partial charge in [0.1, 0.15) is 17.7 Å². The number of nitrogens with zero attached hydrogens (tertiary/aromatic N) is 9. The van der Waals surface area contributed by atoms with Gasteiger partial charge in [-0.2, -0.15) is 23.5 Å². The number of nitrogens with one attached hydrogen (secondary N) is 1. The molecule has 0 aromatic carbocycles. The van der Waals surface area contributed by atoms with Crippen LogP contribution in [0, 0.1) is 16.7 Å². The van der Waals surface area contributed by atoms with Gasteiger partial charge < -0.3 is 15.6 Å². The van der Waals surface area contributed by atoms with Crippen LogP contribution in [0.5, 0.6) is 0 Å². The van der Waals surface area contributed by atoms with Gasteiger partial charge in [0.25, 0.3) is 5.91 Å². The first-order valence-electron chi connectivity index (χ1n) is 13.5. The third kappa shape index (κ3) is 5.30. The van der Waals surface area contributed by atoms with E-state index in [1.807, 2.05) is 23.1 Å². The second kappa shape index (κ2) is 10.8. The predicted octanol–water partition coefficient (Wildman–Crippen LogP) is 2.61. The zero-order chi connectivity index (χ0) is 29.5. The molecule has 0 bridgehead atoms. The summed E-state index contributed by atoms with van der Waals surface area (Å²) in [5.74, 6) is -1.94. The number of carbonyl (C=O) groups excluding carboxylic acids is 1. The van der Waals surface area contributed by atoms with Crippen LogP contribution in [0.25, 0.3) is 22.3 Å². The summed E-state index contributed by atoms with van der Waals surface area (Å²) < 4.78 is 41.5. The number of halogens is 3. The van der Waals surface area contributed by atoms with Gasteiger partial charge >= 0.3 is 6.18 Å². The van der Waals surface area contributed by atoms with Crippen LogP contribution < -0.4 is 5.73 Å². The van der Waals surface area contributed by atoms with Gasteiger partial charge in [0.05, 0.1) is 23.7 Å². The average molecular weight is 580 g/mol. The lowest BCUT2D eigenvalue weighted by Gasteiger charge is -2.52. The Labute approximate surface area is 238 Å². The Morgan fingerprint density at radius 2 is 1.98 bits per heavy atom. The number of hydrogen-bond acceptors (Lipinski definition) is 9. The molecule has 12 nitrogen and oxygen atoms in total. The number of rotatable bonds is 7. The van der Waals surface area contributed by atoms with Gasteiger partial charge in [-0.3, -0.25) is 14.4 Å². The smallest absolute Gasteiger partial charge is 0.346 e. The number of carbonyl (C=O) groups is 1. The highest BCUT2D eigenvalue weighted by Crippen LogP contribution is 2.48. The summed E-state index contributed by atoms with van der Waals surface area (Å²) in [6.45, 7) is 2.23. The maximum absolute atomic E-state index is 13.2. The average Bonchev–Trinajstić information content (AvgIpc) is 3.64. The minimum Gasteiger partial charge on any atom is -0.346 e. The first kappa shape index (κ1) is 27.7. The molecule has 0 radical (unpaired) electrons. The summed E-state index contributed by atoms with van der Waals surface area (Å²) in [5, 5.41) is 15.0. The molecule has 1 aliphatic carbocycles. The lowest BCUT2D eigenvalue weighted by atomic mass is 9.63. The second-order valence-corrected chi connectivity index (χ2v) is 10.9. The largest absolute Gasteiger partial charge is 0.451 e. The van der Waals surface area contributed by atoms with E-state index in [-0.39, 0.29) is 29.4 Å². The number of aromatic nitrogens is 7. The van der Waals surface area contributed by atoms with Crippen molar-refractivity contribution in [2.45, 2.75) is 44.6 Å². The monoisotopic (exact) mass is 579 g/mol. The Hall–Kier alpha value is -4.42. The van der Waals surface area contributed by atoms with Crippen LogP contribution in [-0.2, 0) is 19.3 Å². The minimum atomic E-state index is -4.78.